The minimum atomic E-state index is -1.14. The minimum absolute atomic E-state index is 0.0759. The van der Waals surface area contributed by atoms with Gasteiger partial charge < -0.3 is 25.2 Å². The van der Waals surface area contributed by atoms with Crippen LogP contribution in [-0.2, 0) is 9.53 Å². The number of methoxy groups -OCH3 is 1. The van der Waals surface area contributed by atoms with Gasteiger partial charge in [0, 0.05) is 11.5 Å². The molecule has 0 unspecified atom stereocenters. The van der Waals surface area contributed by atoms with Crippen LogP contribution in [0.2, 0.25) is 0 Å². The van der Waals surface area contributed by atoms with Crippen molar-refractivity contribution in [3.8, 4) is 5.75 Å². The summed E-state index contributed by atoms with van der Waals surface area (Å²) < 4.78 is 53.4. The van der Waals surface area contributed by atoms with Gasteiger partial charge in [-0.15, -0.1) is 0 Å². The molecule has 1 aliphatic heterocycles. The summed E-state index contributed by atoms with van der Waals surface area (Å²) in [5, 5.41) is 14.9. The molecule has 1 aliphatic rings. The van der Waals surface area contributed by atoms with E-state index >= 15 is 0 Å². The fourth-order valence-corrected chi connectivity index (χ4v) is 4.12. The van der Waals surface area contributed by atoms with Gasteiger partial charge in [0.25, 0.3) is 5.91 Å². The second kappa shape index (κ2) is 9.89. The average molecular weight is 452 g/mol. The number of carbonyl (C=O) groups excluding carboxylic acids is 1. The van der Waals surface area contributed by atoms with Crippen LogP contribution in [0, 0.1) is 23.4 Å². The third-order valence-electron chi connectivity index (χ3n) is 6.08. The van der Waals surface area contributed by atoms with Crippen molar-refractivity contribution in [2.75, 3.05) is 26.1 Å². The van der Waals surface area contributed by atoms with E-state index in [9.17, 15) is 23.1 Å². The van der Waals surface area contributed by atoms with Crippen molar-refractivity contribution in [3.05, 3.63) is 58.9 Å². The molecule has 0 aromatic heterocycles. The number of hydrogen-bond acceptors (Lipinski definition) is 5. The molecule has 0 bridgehead atoms. The highest BCUT2D eigenvalue weighted by Crippen LogP contribution is 2.45. The highest BCUT2D eigenvalue weighted by molar-refractivity contribution is 5.95. The van der Waals surface area contributed by atoms with Crippen molar-refractivity contribution in [1.29, 1.82) is 0 Å². The Hall–Kier alpha value is -2.62. The summed E-state index contributed by atoms with van der Waals surface area (Å²) in [5.41, 5.74) is 0.806. The number of benzene rings is 2. The predicted octanol–water partition coefficient (Wildman–Crippen LogP) is 3.51. The van der Waals surface area contributed by atoms with Gasteiger partial charge in [-0.3, -0.25) is 4.79 Å². The molecule has 1 amide bonds. The zero-order valence-electron chi connectivity index (χ0n) is 18.3. The van der Waals surface area contributed by atoms with Crippen molar-refractivity contribution in [2.24, 2.45) is 5.92 Å². The lowest BCUT2D eigenvalue weighted by molar-refractivity contribution is -0.127. The van der Waals surface area contributed by atoms with Crippen LogP contribution in [0.15, 0.2) is 30.3 Å². The number of hydrogen-bond donors (Lipinski definition) is 3. The Morgan fingerprint density at radius 2 is 1.88 bits per heavy atom. The smallest absolute Gasteiger partial charge is 0.254 e. The van der Waals surface area contributed by atoms with Crippen LogP contribution >= 0.6 is 0 Å². The van der Waals surface area contributed by atoms with E-state index in [0.717, 1.165) is 6.07 Å². The number of anilines is 1. The quantitative estimate of drug-likeness (QED) is 0.599. The van der Waals surface area contributed by atoms with E-state index < -0.39 is 41.4 Å². The summed E-state index contributed by atoms with van der Waals surface area (Å²) in [6, 6.07) is 6.05. The average Bonchev–Trinajstić information content (AvgIpc) is 3.07. The van der Waals surface area contributed by atoms with Gasteiger partial charge in [0.15, 0.2) is 11.6 Å². The number of ether oxygens (including phenoxy) is 2. The molecule has 6 nitrogen and oxygen atoms in total. The summed E-state index contributed by atoms with van der Waals surface area (Å²) in [5.74, 6) is -4.65. The van der Waals surface area contributed by atoms with E-state index in [4.69, 9.17) is 9.47 Å². The number of carbonyl (C=O) groups is 1. The molecule has 5 atom stereocenters. The maximum Gasteiger partial charge on any atom is 0.254 e. The van der Waals surface area contributed by atoms with Crippen molar-refractivity contribution in [1.82, 2.24) is 5.32 Å². The lowest BCUT2D eigenvalue weighted by Crippen LogP contribution is -2.33. The topological polar surface area (TPSA) is 79.8 Å². The Labute approximate surface area is 184 Å². The molecule has 0 saturated carbocycles. The number of nitrogens with one attached hydrogen (secondary N) is 2. The van der Waals surface area contributed by atoms with Crippen LogP contribution in [0.5, 0.6) is 5.75 Å². The molecule has 1 fully saturated rings. The molecular weight excluding hydrogens is 425 g/mol. The first-order chi connectivity index (χ1) is 15.2. The molecule has 174 valence electrons. The first-order valence-electron chi connectivity index (χ1n) is 10.3. The van der Waals surface area contributed by atoms with Crippen molar-refractivity contribution in [3.63, 3.8) is 0 Å². The molecule has 3 rings (SSSR count). The van der Waals surface area contributed by atoms with E-state index in [-0.39, 0.29) is 30.1 Å². The molecular formula is C23H27F3N2O4. The molecule has 1 heterocycles. The molecule has 9 heteroatoms. The van der Waals surface area contributed by atoms with Crippen LogP contribution in [0.3, 0.4) is 0 Å². The number of rotatable bonds is 7. The van der Waals surface area contributed by atoms with Gasteiger partial charge in [0.2, 0.25) is 5.82 Å². The van der Waals surface area contributed by atoms with Gasteiger partial charge in [-0.05, 0) is 43.7 Å². The first-order valence-corrected chi connectivity index (χ1v) is 10.3. The summed E-state index contributed by atoms with van der Waals surface area (Å²) in [7, 11) is 2.87. The maximum atomic E-state index is 14.4. The SMILES string of the molecule is CN[C@H](CO)c1ccc(F)c(NC(=O)[C@@H]2O[C@H](C)[C@@H](C)[C@H]2c2ccc(F)c(F)c2OC)c1. The van der Waals surface area contributed by atoms with Gasteiger partial charge in [-0.2, -0.15) is 4.39 Å². The number of halogens is 3. The molecule has 0 radical (unpaired) electrons. The molecule has 2 aromatic rings. The summed E-state index contributed by atoms with van der Waals surface area (Å²) >= 11 is 0. The van der Waals surface area contributed by atoms with Crippen LogP contribution in [0.25, 0.3) is 0 Å². The van der Waals surface area contributed by atoms with E-state index in [0.29, 0.717) is 11.1 Å². The third kappa shape index (κ3) is 4.46. The van der Waals surface area contributed by atoms with Gasteiger partial charge >= 0.3 is 0 Å². The molecule has 2 aromatic carbocycles. The first kappa shape index (κ1) is 24.0. The molecule has 0 spiro atoms. The van der Waals surface area contributed by atoms with Gasteiger partial charge in [-0.25, -0.2) is 8.78 Å². The Morgan fingerprint density at radius 3 is 2.50 bits per heavy atom. The highest BCUT2D eigenvalue weighted by Gasteiger charge is 2.46. The van der Waals surface area contributed by atoms with Crippen LogP contribution in [0.4, 0.5) is 18.9 Å². The lowest BCUT2D eigenvalue weighted by Gasteiger charge is -2.24. The van der Waals surface area contributed by atoms with E-state index in [2.05, 4.69) is 10.6 Å². The molecule has 3 N–H and O–H groups in total. The Morgan fingerprint density at radius 1 is 1.19 bits per heavy atom. The largest absolute Gasteiger partial charge is 0.493 e. The third-order valence-corrected chi connectivity index (χ3v) is 6.08. The second-order valence-corrected chi connectivity index (χ2v) is 7.88. The number of amides is 1. The van der Waals surface area contributed by atoms with Gasteiger partial charge in [-0.1, -0.05) is 19.1 Å². The summed E-state index contributed by atoms with van der Waals surface area (Å²) in [4.78, 5) is 13.1. The van der Waals surface area contributed by atoms with Crippen LogP contribution in [-0.4, -0.2) is 44.0 Å². The van der Waals surface area contributed by atoms with Crippen molar-refractivity contribution >= 4 is 11.6 Å². The molecule has 32 heavy (non-hydrogen) atoms. The summed E-state index contributed by atoms with van der Waals surface area (Å²) in [6.07, 6.45) is -1.45. The second-order valence-electron chi connectivity index (χ2n) is 7.88. The van der Waals surface area contributed by atoms with Crippen LogP contribution in [0.1, 0.15) is 36.9 Å². The lowest BCUT2D eigenvalue weighted by atomic mass is 9.82. The number of likely N-dealkylation sites (N-methyl/N-ethyl adjacent to an activating group) is 1. The normalized spacial score (nSPS) is 23.8. The number of aliphatic hydroxyl groups excluding tert-OH is 1. The zero-order valence-corrected chi connectivity index (χ0v) is 18.3. The van der Waals surface area contributed by atoms with Crippen LogP contribution < -0.4 is 15.4 Å². The Bertz CT molecular complexity index is 984. The summed E-state index contributed by atoms with van der Waals surface area (Å²) in [6.45, 7) is 3.40. The van der Waals surface area contributed by atoms with Gasteiger partial charge in [0.1, 0.15) is 11.9 Å². The fraction of sp³-hybridized carbons (Fsp3) is 0.435. The van der Waals surface area contributed by atoms with Gasteiger partial charge in [0.05, 0.1) is 31.5 Å². The fourth-order valence-electron chi connectivity index (χ4n) is 4.12. The Kier molecular flexibility index (Phi) is 7.43. The van der Waals surface area contributed by atoms with Crippen molar-refractivity contribution in [2.45, 2.75) is 38.0 Å². The molecule has 1 saturated heterocycles. The van der Waals surface area contributed by atoms with Crippen molar-refractivity contribution < 1.29 is 32.5 Å². The van der Waals surface area contributed by atoms with E-state index in [1.54, 1.807) is 14.0 Å². The standard InChI is InChI=1S/C23H27F3N2O4/c1-11-12(2)32-22(19(11)14-6-8-16(25)20(26)21(14)31-4)23(30)28-17-9-13(5-7-15(17)24)18(10-29)27-3/h5-9,11-12,18-19,22,27,29H,10H2,1-4H3,(H,28,30)/t11-,12-,18-,19+,22-/m1/s1. The zero-order chi connectivity index (χ0) is 23.6. The maximum absolute atomic E-state index is 14.4. The highest BCUT2D eigenvalue weighted by atomic mass is 19.2. The molecule has 0 aliphatic carbocycles. The monoisotopic (exact) mass is 452 g/mol. The van der Waals surface area contributed by atoms with E-state index in [1.165, 1.54) is 31.4 Å². The predicted molar refractivity (Wildman–Crippen MR) is 113 cm³/mol. The Balaban J connectivity index is 1.94. The minimum Gasteiger partial charge on any atom is -0.493 e. The number of aliphatic hydroxyl groups is 1. The van der Waals surface area contributed by atoms with E-state index in [1.807, 2.05) is 6.92 Å².